The Hall–Kier alpha value is 0.796. The zero-order valence-corrected chi connectivity index (χ0v) is 46.0. The molecule has 4 aliphatic carbocycles. The quantitative estimate of drug-likeness (QED) is 0.171. The molecule has 0 aromatic rings. The number of hydrogen-bond acceptors (Lipinski definition) is 0. The molecule has 0 nitrogen and oxygen atoms in total. The van der Waals surface area contributed by atoms with E-state index in [1.807, 2.05) is 0 Å². The Bertz CT molecular complexity index is 1270. The summed E-state index contributed by atoms with van der Waals surface area (Å²) >= 11 is 0. The zero-order valence-electron chi connectivity index (χ0n) is 37.3. The van der Waals surface area contributed by atoms with Gasteiger partial charge in [-0.05, 0) is 53.4 Å². The first-order valence-corrected chi connectivity index (χ1v) is 33.1. The van der Waals surface area contributed by atoms with Gasteiger partial charge in [0.25, 0.3) is 0 Å². The fourth-order valence-corrected chi connectivity index (χ4v) is 29.6. The third kappa shape index (κ3) is 13.4. The normalized spacial score (nSPS) is 23.3. The van der Waals surface area contributed by atoms with Gasteiger partial charge in [0.05, 0.1) is 32.3 Å². The van der Waals surface area contributed by atoms with E-state index < -0.39 is 32.3 Å². The summed E-state index contributed by atoms with van der Waals surface area (Å²) in [6.45, 7) is 18.5. The summed E-state index contributed by atoms with van der Waals surface area (Å²) in [6.07, 6.45) is 36.7. The molecular weight excluding hydrogens is 856 g/mol. The summed E-state index contributed by atoms with van der Waals surface area (Å²) < 4.78 is 0. The Labute approximate surface area is 393 Å². The third-order valence-electron chi connectivity index (χ3n) is 14.8. The molecule has 0 bridgehead atoms. The summed E-state index contributed by atoms with van der Waals surface area (Å²) in [5, 5.41) is 7.22. The first-order valence-electron chi connectivity index (χ1n) is 22.6. The van der Waals surface area contributed by atoms with Crippen LogP contribution in [0.2, 0.25) is 72.5 Å². The summed E-state index contributed by atoms with van der Waals surface area (Å²) in [6, 6.07) is 18.8. The van der Waals surface area contributed by atoms with Crippen molar-refractivity contribution in [2.24, 2.45) is 0 Å². The Kier molecular flexibility index (Phi) is 25.1. The van der Waals surface area contributed by atoms with Crippen LogP contribution in [-0.4, -0.2) is 32.3 Å². The van der Waals surface area contributed by atoms with Gasteiger partial charge in [0, 0.05) is 43.4 Å². The van der Waals surface area contributed by atoms with Crippen molar-refractivity contribution in [2.45, 2.75) is 205 Å². The topological polar surface area (TPSA) is 0 Å². The molecule has 8 rings (SSSR count). The minimum atomic E-state index is -0.867. The first kappa shape index (κ1) is 54.8. The first-order chi connectivity index (χ1) is 25.1. The van der Waals surface area contributed by atoms with Crippen LogP contribution >= 0.6 is 0 Å². The molecule has 4 fully saturated rings. The number of allylic oxidation sites excluding steroid dienone is 16. The van der Waals surface area contributed by atoms with Crippen LogP contribution < -0.4 is 24.8 Å². The minimum Gasteiger partial charge on any atom is -1.00 e. The molecule has 8 heteroatoms. The van der Waals surface area contributed by atoms with Gasteiger partial charge >= 0.3 is 0 Å². The largest absolute Gasteiger partial charge is 1.00 e. The summed E-state index contributed by atoms with van der Waals surface area (Å²) in [5.74, 6) is 0. The molecule has 0 N–H and O–H groups in total. The second kappa shape index (κ2) is 25.7. The van der Waals surface area contributed by atoms with Crippen LogP contribution in [0, 0.1) is 0 Å². The molecule has 0 unspecified atom stereocenters. The Balaban J connectivity index is 0.000000365. The van der Waals surface area contributed by atoms with Gasteiger partial charge in [-0.25, -0.2) is 0 Å². The standard InChI is InChI=1S/4C12H20Si.2ClH.2Ti/c4*1-3-7-13(8-4-9-13)12-6-5-11(2)10-12;;;;/h4*6,10H,3-5,7-9H2,1-2H3;2*1H;;/p-2. The van der Waals surface area contributed by atoms with Crippen molar-refractivity contribution in [3.63, 3.8) is 0 Å². The Morgan fingerprint density at radius 3 is 0.625 bits per heavy atom. The van der Waals surface area contributed by atoms with Crippen LogP contribution in [0.5, 0.6) is 0 Å². The predicted octanol–water partition coefficient (Wildman–Crippen LogP) is 10.3. The fraction of sp³-hybridized carbons (Fsp3) is 0.667. The van der Waals surface area contributed by atoms with E-state index in [0.717, 1.165) is 0 Å². The van der Waals surface area contributed by atoms with Gasteiger partial charge in [0.15, 0.2) is 0 Å². The number of rotatable bonds is 12. The molecule has 4 heterocycles. The number of hydrogen-bond donors (Lipinski definition) is 0. The van der Waals surface area contributed by atoms with E-state index in [2.05, 4.69) is 104 Å². The Morgan fingerprint density at radius 1 is 0.357 bits per heavy atom. The Morgan fingerprint density at radius 2 is 0.536 bits per heavy atom. The maximum Gasteiger partial charge on any atom is 0.0862 e. The van der Waals surface area contributed by atoms with Crippen LogP contribution in [0.4, 0.5) is 0 Å². The summed E-state index contributed by atoms with van der Waals surface area (Å²) in [7, 11) is -3.47. The molecular formula is C48H80Cl2Si4Ti2-2. The van der Waals surface area contributed by atoms with Gasteiger partial charge < -0.3 is 24.8 Å². The second-order valence-corrected chi connectivity index (χ2v) is 37.5. The van der Waals surface area contributed by atoms with Crippen LogP contribution in [0.1, 0.15) is 132 Å². The smallest absolute Gasteiger partial charge is 0.0862 e. The minimum absolute atomic E-state index is 0. The predicted molar refractivity (Wildman–Crippen MR) is 246 cm³/mol. The monoisotopic (exact) mass is 934 g/mol. The molecule has 0 radical (unpaired) electrons. The van der Waals surface area contributed by atoms with Crippen molar-refractivity contribution >= 4 is 32.3 Å². The maximum atomic E-state index is 2.52. The van der Waals surface area contributed by atoms with Gasteiger partial charge in [0.1, 0.15) is 0 Å². The molecule has 4 aliphatic heterocycles. The van der Waals surface area contributed by atoms with Gasteiger partial charge in [-0.2, -0.15) is 0 Å². The van der Waals surface area contributed by atoms with Crippen molar-refractivity contribution in [3.8, 4) is 0 Å². The van der Waals surface area contributed by atoms with E-state index in [1.54, 1.807) is 116 Å². The van der Waals surface area contributed by atoms with E-state index in [0.29, 0.717) is 0 Å². The molecule has 0 aromatic heterocycles. The van der Waals surface area contributed by atoms with Crippen LogP contribution in [0.25, 0.3) is 0 Å². The zero-order chi connectivity index (χ0) is 37.2. The van der Waals surface area contributed by atoms with Crippen LogP contribution in [-0.2, 0) is 43.4 Å². The molecule has 0 aromatic carbocycles. The van der Waals surface area contributed by atoms with E-state index in [-0.39, 0.29) is 68.2 Å². The van der Waals surface area contributed by atoms with Crippen molar-refractivity contribution in [1.29, 1.82) is 0 Å². The summed E-state index contributed by atoms with van der Waals surface area (Å²) in [5.41, 5.74) is 6.35. The fourth-order valence-electron chi connectivity index (χ4n) is 11.2. The molecule has 0 saturated carbocycles. The molecule has 0 atom stereocenters. The maximum absolute atomic E-state index is 2.52. The van der Waals surface area contributed by atoms with Gasteiger partial charge in [-0.15, -0.1) is 0 Å². The molecule has 0 spiro atoms. The van der Waals surface area contributed by atoms with Crippen molar-refractivity contribution < 1.29 is 68.2 Å². The van der Waals surface area contributed by atoms with E-state index in [4.69, 9.17) is 0 Å². The summed E-state index contributed by atoms with van der Waals surface area (Å²) in [4.78, 5) is 0. The van der Waals surface area contributed by atoms with E-state index in [9.17, 15) is 0 Å². The third-order valence-corrected chi connectivity index (χ3v) is 37.4. The van der Waals surface area contributed by atoms with Crippen LogP contribution in [0.15, 0.2) is 91.7 Å². The van der Waals surface area contributed by atoms with Gasteiger partial charge in [0.2, 0.25) is 0 Å². The molecule has 4 saturated heterocycles. The van der Waals surface area contributed by atoms with Gasteiger partial charge in [-0.3, -0.25) is 0 Å². The second-order valence-electron chi connectivity index (χ2n) is 19.0. The van der Waals surface area contributed by atoms with E-state index in [1.165, 1.54) is 77.0 Å². The molecule has 0 amide bonds. The average Bonchev–Trinajstić information content (AvgIpc) is 3.88. The van der Waals surface area contributed by atoms with Crippen molar-refractivity contribution in [1.82, 2.24) is 0 Å². The van der Waals surface area contributed by atoms with Crippen molar-refractivity contribution in [3.05, 3.63) is 91.7 Å². The number of halogens is 2. The van der Waals surface area contributed by atoms with E-state index >= 15 is 0 Å². The van der Waals surface area contributed by atoms with Crippen molar-refractivity contribution in [2.75, 3.05) is 0 Å². The van der Waals surface area contributed by atoms with Crippen LogP contribution in [0.3, 0.4) is 0 Å². The SMILES string of the molecule is CCC[Si]1(C2=CCC(C)=C2)CCC1.CCC[Si]1(C2=CCC(C)=C2)CCC1.CCC[Si]1(C2=CCC(C)=C2)CCC1.CCC[Si]1(C2=CCC(C)=C2)CCC1.[Cl-].[Cl-].[Ti].[Ti]. The molecule has 8 aliphatic rings. The van der Waals surface area contributed by atoms with Gasteiger partial charge in [-0.1, -0.05) is 243 Å². The molecule has 56 heavy (non-hydrogen) atoms. The molecule has 312 valence electrons. The average molecular weight is 936 g/mol.